The Labute approximate surface area is 195 Å². The number of halogens is 4. The first-order chi connectivity index (χ1) is 16.3. The molecule has 0 N–H and O–H groups in total. The average molecular weight is 472 g/mol. The zero-order chi connectivity index (χ0) is 24.4. The molecule has 0 aliphatic carbocycles. The van der Waals surface area contributed by atoms with Crippen molar-refractivity contribution in [2.24, 2.45) is 11.8 Å². The first-order valence-electron chi connectivity index (χ1n) is 11.1. The van der Waals surface area contributed by atoms with E-state index in [1.807, 2.05) is 13.8 Å². The second kappa shape index (κ2) is 10.0. The highest BCUT2D eigenvalue weighted by Crippen LogP contribution is 2.39. The summed E-state index contributed by atoms with van der Waals surface area (Å²) in [7, 11) is 0. The van der Waals surface area contributed by atoms with Gasteiger partial charge in [-0.15, -0.1) is 0 Å². The Morgan fingerprint density at radius 2 is 1.79 bits per heavy atom. The van der Waals surface area contributed by atoms with Crippen LogP contribution in [0.5, 0.6) is 0 Å². The van der Waals surface area contributed by atoms with Gasteiger partial charge in [-0.25, -0.2) is 22.5 Å². The molecule has 4 rings (SSSR count). The summed E-state index contributed by atoms with van der Waals surface area (Å²) in [6, 6.07) is 7.02. The minimum Gasteiger partial charge on any atom is -0.367 e. The largest absolute Gasteiger partial charge is 0.367 e. The van der Waals surface area contributed by atoms with Crippen molar-refractivity contribution in [2.75, 3.05) is 6.67 Å². The van der Waals surface area contributed by atoms with Crippen molar-refractivity contribution in [3.8, 4) is 11.3 Å². The van der Waals surface area contributed by atoms with Crippen LogP contribution in [0.3, 0.4) is 0 Å². The second-order valence-electron chi connectivity index (χ2n) is 8.69. The predicted molar refractivity (Wildman–Crippen MR) is 118 cm³/mol. The molecule has 2 aromatic heterocycles. The first kappa shape index (κ1) is 24.0. The number of rotatable bonds is 6. The van der Waals surface area contributed by atoms with Crippen LogP contribution in [-0.2, 0) is 11.2 Å². The number of hydrogen-bond acceptors (Lipinski definition) is 4. The number of carbonyl (C=O) groups is 1. The van der Waals surface area contributed by atoms with Gasteiger partial charge in [-0.2, -0.15) is 0 Å². The molecule has 8 heteroatoms. The van der Waals surface area contributed by atoms with Crippen molar-refractivity contribution >= 4 is 5.78 Å². The number of ketones is 1. The lowest BCUT2D eigenvalue weighted by molar-refractivity contribution is -0.111. The van der Waals surface area contributed by atoms with Crippen LogP contribution in [0.15, 0.2) is 48.8 Å². The van der Waals surface area contributed by atoms with Gasteiger partial charge < -0.3 is 4.74 Å². The average Bonchev–Trinajstić information content (AvgIpc) is 2.82. The molecule has 1 saturated heterocycles. The fraction of sp³-hybridized carbons (Fsp3) is 0.346. The summed E-state index contributed by atoms with van der Waals surface area (Å²) in [5.74, 6) is -3.11. The molecule has 1 aliphatic heterocycles. The van der Waals surface area contributed by atoms with E-state index in [0.29, 0.717) is 12.0 Å². The van der Waals surface area contributed by atoms with E-state index in [4.69, 9.17) is 4.74 Å². The molecule has 1 aliphatic rings. The van der Waals surface area contributed by atoms with Gasteiger partial charge in [0, 0.05) is 18.8 Å². The molecule has 1 aromatic carbocycles. The van der Waals surface area contributed by atoms with Crippen molar-refractivity contribution in [3.63, 3.8) is 0 Å². The monoisotopic (exact) mass is 472 g/mol. The number of ether oxygens (including phenoxy) is 1. The molecule has 4 nitrogen and oxygen atoms in total. The molecule has 0 saturated carbocycles. The van der Waals surface area contributed by atoms with E-state index >= 15 is 0 Å². The quantitative estimate of drug-likeness (QED) is 0.323. The molecule has 34 heavy (non-hydrogen) atoms. The van der Waals surface area contributed by atoms with Crippen molar-refractivity contribution in [3.05, 3.63) is 83.1 Å². The summed E-state index contributed by atoms with van der Waals surface area (Å²) in [6.45, 7) is 3.40. The third kappa shape index (κ3) is 4.73. The zero-order valence-electron chi connectivity index (χ0n) is 18.8. The molecule has 0 bridgehead atoms. The van der Waals surface area contributed by atoms with E-state index < -0.39 is 53.4 Å². The summed E-state index contributed by atoms with van der Waals surface area (Å²) >= 11 is 0. The summed E-state index contributed by atoms with van der Waals surface area (Å²) in [4.78, 5) is 21.1. The van der Waals surface area contributed by atoms with E-state index in [1.54, 1.807) is 12.3 Å². The lowest BCUT2D eigenvalue weighted by atomic mass is 9.81. The Hall–Kier alpha value is -3.13. The number of hydrogen-bond donors (Lipinski definition) is 0. The number of pyridine rings is 2. The Kier molecular flexibility index (Phi) is 7.07. The van der Waals surface area contributed by atoms with Gasteiger partial charge in [0.15, 0.2) is 5.78 Å². The molecule has 3 aromatic rings. The fourth-order valence-electron chi connectivity index (χ4n) is 4.35. The lowest BCUT2D eigenvalue weighted by Crippen LogP contribution is -2.36. The number of benzene rings is 1. The molecular weight excluding hydrogens is 448 g/mol. The van der Waals surface area contributed by atoms with Gasteiger partial charge in [0.25, 0.3) is 0 Å². The van der Waals surface area contributed by atoms with Crippen molar-refractivity contribution < 1.29 is 27.1 Å². The topological polar surface area (TPSA) is 52.1 Å². The Morgan fingerprint density at radius 3 is 2.50 bits per heavy atom. The molecule has 1 fully saturated rings. The normalized spacial score (nSPS) is 22.5. The summed E-state index contributed by atoms with van der Waals surface area (Å²) in [5, 5.41) is 0. The van der Waals surface area contributed by atoms with Crippen LogP contribution in [0.1, 0.15) is 48.0 Å². The molecule has 0 unspecified atom stereocenters. The number of Topliss-reactive ketones (excluding diaryl/α,β-unsaturated/α-hetero) is 1. The Bertz CT molecular complexity index is 1180. The molecule has 0 radical (unpaired) electrons. The molecule has 0 spiro atoms. The number of carbonyl (C=O) groups excluding carboxylic acids is 1. The highest BCUT2D eigenvalue weighted by atomic mass is 19.1. The third-order valence-electron chi connectivity index (χ3n) is 6.53. The molecular formula is C26H24F4N2O2. The van der Waals surface area contributed by atoms with Crippen LogP contribution in [0, 0.1) is 29.3 Å². The Balaban J connectivity index is 1.63. The maximum absolute atomic E-state index is 14.4. The molecule has 4 atom stereocenters. The summed E-state index contributed by atoms with van der Waals surface area (Å²) in [6.07, 6.45) is 2.70. The van der Waals surface area contributed by atoms with Crippen LogP contribution in [0.2, 0.25) is 0 Å². The number of nitrogens with zero attached hydrogens (tertiary/aromatic N) is 2. The summed E-state index contributed by atoms with van der Waals surface area (Å²) < 4.78 is 62.3. The van der Waals surface area contributed by atoms with Gasteiger partial charge >= 0.3 is 0 Å². The van der Waals surface area contributed by atoms with E-state index in [-0.39, 0.29) is 24.0 Å². The second-order valence-corrected chi connectivity index (χ2v) is 8.69. The minimum absolute atomic E-state index is 0.0637. The van der Waals surface area contributed by atoms with Crippen molar-refractivity contribution in [1.82, 2.24) is 9.97 Å². The van der Waals surface area contributed by atoms with E-state index in [1.165, 1.54) is 12.3 Å². The third-order valence-corrected chi connectivity index (χ3v) is 6.53. The molecule has 3 heterocycles. The van der Waals surface area contributed by atoms with Gasteiger partial charge in [0.1, 0.15) is 35.5 Å². The first-order valence-corrected chi connectivity index (χ1v) is 11.1. The lowest BCUT2D eigenvalue weighted by Gasteiger charge is -2.38. The van der Waals surface area contributed by atoms with Gasteiger partial charge in [-0.1, -0.05) is 19.9 Å². The predicted octanol–water partition coefficient (Wildman–Crippen LogP) is 6.06. The maximum atomic E-state index is 14.4. The van der Waals surface area contributed by atoms with Crippen LogP contribution >= 0.6 is 0 Å². The fourth-order valence-corrected chi connectivity index (χ4v) is 4.35. The highest BCUT2D eigenvalue weighted by molar-refractivity contribution is 5.96. The smallest absolute Gasteiger partial charge is 0.185 e. The molecule has 0 amide bonds. The van der Waals surface area contributed by atoms with Crippen molar-refractivity contribution in [1.29, 1.82) is 0 Å². The van der Waals surface area contributed by atoms with E-state index in [9.17, 15) is 22.4 Å². The zero-order valence-corrected chi connectivity index (χ0v) is 18.8. The minimum atomic E-state index is -0.981. The van der Waals surface area contributed by atoms with Gasteiger partial charge in [0.2, 0.25) is 0 Å². The van der Waals surface area contributed by atoms with Gasteiger partial charge in [-0.05, 0) is 59.7 Å². The van der Waals surface area contributed by atoms with Crippen LogP contribution in [-0.4, -0.2) is 28.5 Å². The summed E-state index contributed by atoms with van der Waals surface area (Å²) in [5.41, 5.74) is -0.0450. The SMILES string of the molecule is C[C@H]1[C@H](C)C[C@H](c2ccncc2CC(=O)c2ccc(F)c(-c3c(F)cccc3F)n2)O[C@@H]1CF. The van der Waals surface area contributed by atoms with Crippen LogP contribution in [0.4, 0.5) is 17.6 Å². The molecule has 178 valence electrons. The van der Waals surface area contributed by atoms with Crippen molar-refractivity contribution in [2.45, 2.75) is 38.9 Å². The standard InChI is InChI=1S/C26H24F4N2O2/c1-14-10-23(34-24(12-27)15(14)2)17-8-9-31-13-16(17)11-22(33)21-7-6-20(30)26(32-21)25-18(28)4-3-5-19(25)29/h3-9,13-15,23-24H,10-12H2,1-2H3/t14-,15+,23-,24-/m1/s1. The highest BCUT2D eigenvalue weighted by Gasteiger charge is 2.35. The Morgan fingerprint density at radius 1 is 1.06 bits per heavy atom. The number of alkyl halides is 1. The van der Waals surface area contributed by atoms with Crippen LogP contribution < -0.4 is 0 Å². The van der Waals surface area contributed by atoms with Gasteiger partial charge in [0.05, 0.1) is 17.8 Å². The van der Waals surface area contributed by atoms with E-state index in [2.05, 4.69) is 9.97 Å². The van der Waals surface area contributed by atoms with Gasteiger partial charge in [-0.3, -0.25) is 9.78 Å². The number of aromatic nitrogens is 2. The van der Waals surface area contributed by atoms with Crippen LogP contribution in [0.25, 0.3) is 11.3 Å². The van der Waals surface area contributed by atoms with E-state index in [0.717, 1.165) is 29.8 Å². The maximum Gasteiger partial charge on any atom is 0.185 e.